The molecule has 2 fully saturated rings. The van der Waals surface area contributed by atoms with E-state index in [1.54, 1.807) is 14.2 Å². The molecular weight excluding hydrogens is 306 g/mol. The molecule has 1 amide bonds. The van der Waals surface area contributed by atoms with Gasteiger partial charge in [-0.05, 0) is 37.0 Å². The molecule has 1 aromatic carbocycles. The molecule has 3 rings (SSSR count). The molecule has 2 saturated heterocycles. The fraction of sp³-hybridized carbons (Fsp3) is 0.632. The predicted octanol–water partition coefficient (Wildman–Crippen LogP) is 2.28. The number of methoxy groups -OCH3 is 2. The van der Waals surface area contributed by atoms with Gasteiger partial charge in [0.1, 0.15) is 5.75 Å². The van der Waals surface area contributed by atoms with Crippen LogP contribution in [0.2, 0.25) is 0 Å². The van der Waals surface area contributed by atoms with Gasteiger partial charge in [-0.2, -0.15) is 0 Å². The zero-order chi connectivity index (χ0) is 17.0. The van der Waals surface area contributed by atoms with Crippen molar-refractivity contribution >= 4 is 5.91 Å². The Morgan fingerprint density at radius 3 is 3.08 bits per heavy atom. The number of hydrogen-bond acceptors (Lipinski definition) is 4. The summed E-state index contributed by atoms with van der Waals surface area (Å²) in [5, 5.41) is 0. The molecule has 2 unspecified atom stereocenters. The van der Waals surface area contributed by atoms with Crippen molar-refractivity contribution in [2.45, 2.75) is 31.8 Å². The number of carbonyl (C=O) groups excluding carboxylic acids is 1. The molecule has 0 radical (unpaired) electrons. The van der Waals surface area contributed by atoms with E-state index in [4.69, 9.17) is 14.2 Å². The molecule has 0 bridgehead atoms. The summed E-state index contributed by atoms with van der Waals surface area (Å²) in [6.45, 7) is 2.97. The Balaban J connectivity index is 1.68. The molecular formula is C19H27NO4. The maximum Gasteiger partial charge on any atom is 0.227 e. The lowest BCUT2D eigenvalue weighted by atomic mass is 9.73. The van der Waals surface area contributed by atoms with Crippen LogP contribution in [0, 0.1) is 5.41 Å². The van der Waals surface area contributed by atoms with E-state index in [1.165, 1.54) is 0 Å². The lowest BCUT2D eigenvalue weighted by Crippen LogP contribution is -2.58. The molecule has 2 aliphatic rings. The Kier molecular flexibility index (Phi) is 5.41. The molecule has 0 aliphatic carbocycles. The van der Waals surface area contributed by atoms with E-state index in [-0.39, 0.29) is 17.4 Å². The molecule has 5 heteroatoms. The fourth-order valence-electron chi connectivity index (χ4n) is 4.07. The zero-order valence-electron chi connectivity index (χ0n) is 14.6. The second-order valence-electron chi connectivity index (χ2n) is 6.89. The van der Waals surface area contributed by atoms with Gasteiger partial charge < -0.3 is 19.1 Å². The van der Waals surface area contributed by atoms with Crippen molar-refractivity contribution in [2.75, 3.05) is 40.5 Å². The Hall–Kier alpha value is -1.59. The first-order chi connectivity index (χ1) is 11.7. The van der Waals surface area contributed by atoms with Crippen LogP contribution in [-0.2, 0) is 20.7 Å². The van der Waals surface area contributed by atoms with Crippen LogP contribution < -0.4 is 4.74 Å². The van der Waals surface area contributed by atoms with Crippen molar-refractivity contribution in [2.24, 2.45) is 5.41 Å². The standard InChI is InChI=1S/C19H27NO4/c1-22-14-19-8-4-10-24-17(19)7-9-20(13-19)18(21)12-15-5-3-6-16(11-15)23-2/h3,5-6,11,17H,4,7-10,12-14H2,1-2H3. The normalized spacial score (nSPS) is 26.8. The predicted molar refractivity (Wildman–Crippen MR) is 91.2 cm³/mol. The highest BCUT2D eigenvalue weighted by molar-refractivity contribution is 5.79. The summed E-state index contributed by atoms with van der Waals surface area (Å²) in [6.07, 6.45) is 3.62. The van der Waals surface area contributed by atoms with Crippen LogP contribution in [0.15, 0.2) is 24.3 Å². The number of hydrogen-bond donors (Lipinski definition) is 0. The third-order valence-corrected chi connectivity index (χ3v) is 5.26. The van der Waals surface area contributed by atoms with Gasteiger partial charge in [-0.1, -0.05) is 12.1 Å². The molecule has 24 heavy (non-hydrogen) atoms. The van der Waals surface area contributed by atoms with E-state index in [2.05, 4.69) is 0 Å². The summed E-state index contributed by atoms with van der Waals surface area (Å²) < 4.78 is 16.7. The first-order valence-electron chi connectivity index (χ1n) is 8.68. The average molecular weight is 333 g/mol. The van der Waals surface area contributed by atoms with Gasteiger partial charge in [-0.25, -0.2) is 0 Å². The molecule has 1 aromatic rings. The molecule has 2 heterocycles. The van der Waals surface area contributed by atoms with Gasteiger partial charge in [0.05, 0.1) is 26.2 Å². The second-order valence-corrected chi connectivity index (χ2v) is 6.89. The van der Waals surface area contributed by atoms with Gasteiger partial charge in [0, 0.05) is 32.2 Å². The van der Waals surface area contributed by atoms with Crippen LogP contribution in [0.25, 0.3) is 0 Å². The van der Waals surface area contributed by atoms with Crippen molar-refractivity contribution in [3.05, 3.63) is 29.8 Å². The number of carbonyl (C=O) groups is 1. The Labute approximate surface area is 143 Å². The van der Waals surface area contributed by atoms with Gasteiger partial charge in [0.25, 0.3) is 0 Å². The van der Waals surface area contributed by atoms with Crippen LogP contribution in [-0.4, -0.2) is 57.4 Å². The first kappa shape index (κ1) is 17.2. The number of amides is 1. The number of piperidine rings is 1. The molecule has 0 N–H and O–H groups in total. The highest BCUT2D eigenvalue weighted by atomic mass is 16.5. The molecule has 0 saturated carbocycles. The Morgan fingerprint density at radius 2 is 2.29 bits per heavy atom. The summed E-state index contributed by atoms with van der Waals surface area (Å²) >= 11 is 0. The summed E-state index contributed by atoms with van der Waals surface area (Å²) in [5.41, 5.74) is 0.942. The number of ether oxygens (including phenoxy) is 3. The van der Waals surface area contributed by atoms with Crippen LogP contribution >= 0.6 is 0 Å². The Morgan fingerprint density at radius 1 is 1.42 bits per heavy atom. The molecule has 2 atom stereocenters. The number of rotatable bonds is 5. The highest BCUT2D eigenvalue weighted by Gasteiger charge is 2.46. The largest absolute Gasteiger partial charge is 0.497 e. The van der Waals surface area contributed by atoms with Crippen LogP contribution in [0.3, 0.4) is 0 Å². The van der Waals surface area contributed by atoms with Crippen molar-refractivity contribution in [1.82, 2.24) is 4.90 Å². The van der Waals surface area contributed by atoms with E-state index in [1.807, 2.05) is 29.2 Å². The van der Waals surface area contributed by atoms with Gasteiger partial charge in [0.2, 0.25) is 5.91 Å². The van der Waals surface area contributed by atoms with Crippen molar-refractivity contribution in [3.8, 4) is 5.75 Å². The van der Waals surface area contributed by atoms with Gasteiger partial charge >= 0.3 is 0 Å². The Bertz CT molecular complexity index is 572. The quantitative estimate of drug-likeness (QED) is 0.829. The van der Waals surface area contributed by atoms with Gasteiger partial charge in [0.15, 0.2) is 0 Å². The topological polar surface area (TPSA) is 48.0 Å². The van der Waals surface area contributed by atoms with Gasteiger partial charge in [-0.3, -0.25) is 4.79 Å². The van der Waals surface area contributed by atoms with Crippen LogP contribution in [0.5, 0.6) is 5.75 Å². The monoisotopic (exact) mass is 333 g/mol. The smallest absolute Gasteiger partial charge is 0.227 e. The zero-order valence-corrected chi connectivity index (χ0v) is 14.6. The van der Waals surface area contributed by atoms with Crippen molar-refractivity contribution in [1.29, 1.82) is 0 Å². The molecule has 5 nitrogen and oxygen atoms in total. The van der Waals surface area contributed by atoms with E-state index in [0.29, 0.717) is 13.0 Å². The summed E-state index contributed by atoms with van der Waals surface area (Å²) in [4.78, 5) is 14.8. The fourth-order valence-corrected chi connectivity index (χ4v) is 4.07. The third-order valence-electron chi connectivity index (χ3n) is 5.26. The van der Waals surface area contributed by atoms with E-state index >= 15 is 0 Å². The first-order valence-corrected chi connectivity index (χ1v) is 8.68. The maximum atomic E-state index is 12.8. The lowest BCUT2D eigenvalue weighted by molar-refractivity contribution is -0.161. The minimum absolute atomic E-state index is 0.0463. The van der Waals surface area contributed by atoms with E-state index in [0.717, 1.165) is 50.3 Å². The third kappa shape index (κ3) is 3.57. The minimum atomic E-state index is -0.0463. The van der Waals surface area contributed by atoms with E-state index < -0.39 is 0 Å². The maximum absolute atomic E-state index is 12.8. The minimum Gasteiger partial charge on any atom is -0.497 e. The average Bonchev–Trinajstić information content (AvgIpc) is 2.61. The molecule has 2 aliphatic heterocycles. The number of benzene rings is 1. The van der Waals surface area contributed by atoms with Crippen molar-refractivity contribution in [3.63, 3.8) is 0 Å². The van der Waals surface area contributed by atoms with E-state index in [9.17, 15) is 4.79 Å². The number of likely N-dealkylation sites (tertiary alicyclic amines) is 1. The van der Waals surface area contributed by atoms with Crippen LogP contribution in [0.4, 0.5) is 0 Å². The molecule has 0 spiro atoms. The van der Waals surface area contributed by atoms with Gasteiger partial charge in [-0.15, -0.1) is 0 Å². The number of nitrogens with zero attached hydrogens (tertiary/aromatic N) is 1. The number of fused-ring (bicyclic) bond motifs is 1. The van der Waals surface area contributed by atoms with Crippen LogP contribution in [0.1, 0.15) is 24.8 Å². The summed E-state index contributed by atoms with van der Waals surface area (Å²) in [7, 11) is 3.38. The summed E-state index contributed by atoms with van der Waals surface area (Å²) in [5.74, 6) is 0.957. The molecule has 132 valence electrons. The second kappa shape index (κ2) is 7.53. The van der Waals surface area contributed by atoms with Crippen molar-refractivity contribution < 1.29 is 19.0 Å². The SMILES string of the molecule is COCC12CCCOC1CCN(C(=O)Cc1cccc(OC)c1)C2. The lowest BCUT2D eigenvalue weighted by Gasteiger charge is -2.50. The molecule has 0 aromatic heterocycles. The highest BCUT2D eigenvalue weighted by Crippen LogP contribution is 2.40. The summed E-state index contributed by atoms with van der Waals surface area (Å²) in [6, 6.07) is 7.72.